The van der Waals surface area contributed by atoms with E-state index in [1.54, 1.807) is 0 Å². The Balaban J connectivity index is 2.15. The first kappa shape index (κ1) is 11.0. The van der Waals surface area contributed by atoms with E-state index in [-0.39, 0.29) is 11.7 Å². The summed E-state index contributed by atoms with van der Waals surface area (Å²) in [6.07, 6.45) is 2.45. The van der Waals surface area contributed by atoms with Crippen molar-refractivity contribution in [3.05, 3.63) is 29.5 Å². The fourth-order valence-corrected chi connectivity index (χ4v) is 2.58. The van der Waals surface area contributed by atoms with Gasteiger partial charge < -0.3 is 10.3 Å². The lowest BCUT2D eigenvalue weighted by Gasteiger charge is -2.09. The second kappa shape index (κ2) is 3.98. The van der Waals surface area contributed by atoms with Crippen molar-refractivity contribution in [2.75, 3.05) is 5.32 Å². The standard InChI is InChI=1S/C14H14N2O2/c1-8(17)15-9-5-6-12-11(7-9)10-3-2-4-13(18)14(10)16-12/h5-7,16H,2-4H2,1H3,(H,15,17). The van der Waals surface area contributed by atoms with Gasteiger partial charge in [-0.2, -0.15) is 0 Å². The van der Waals surface area contributed by atoms with Crippen LogP contribution in [0.3, 0.4) is 0 Å². The molecule has 0 radical (unpaired) electrons. The Hall–Kier alpha value is -2.10. The summed E-state index contributed by atoms with van der Waals surface area (Å²) in [5, 5.41) is 3.81. The van der Waals surface area contributed by atoms with Crippen LogP contribution in [0.1, 0.15) is 35.8 Å². The van der Waals surface area contributed by atoms with E-state index in [2.05, 4.69) is 10.3 Å². The highest BCUT2D eigenvalue weighted by Crippen LogP contribution is 2.30. The van der Waals surface area contributed by atoms with E-state index < -0.39 is 0 Å². The maximum atomic E-state index is 11.8. The Labute approximate surface area is 104 Å². The van der Waals surface area contributed by atoms with Crippen LogP contribution in [0.4, 0.5) is 5.69 Å². The summed E-state index contributed by atoms with van der Waals surface area (Å²) in [6.45, 7) is 1.49. The number of amides is 1. The number of fused-ring (bicyclic) bond motifs is 3. The predicted molar refractivity (Wildman–Crippen MR) is 69.9 cm³/mol. The van der Waals surface area contributed by atoms with E-state index in [1.165, 1.54) is 6.92 Å². The van der Waals surface area contributed by atoms with E-state index in [4.69, 9.17) is 0 Å². The molecule has 1 amide bonds. The van der Waals surface area contributed by atoms with Crippen LogP contribution in [0, 0.1) is 0 Å². The Kier molecular flexibility index (Phi) is 2.44. The predicted octanol–water partition coefficient (Wildman–Crippen LogP) is 2.65. The molecule has 0 fully saturated rings. The molecule has 1 aromatic carbocycles. The maximum absolute atomic E-state index is 11.8. The molecule has 0 atom stereocenters. The van der Waals surface area contributed by atoms with Crippen LogP contribution in [-0.2, 0) is 11.2 Å². The highest BCUT2D eigenvalue weighted by atomic mass is 16.1. The number of aromatic amines is 1. The number of nitrogens with one attached hydrogen (secondary N) is 2. The van der Waals surface area contributed by atoms with Gasteiger partial charge in [-0.15, -0.1) is 0 Å². The number of ketones is 1. The van der Waals surface area contributed by atoms with Crippen LogP contribution in [0.5, 0.6) is 0 Å². The summed E-state index contributed by atoms with van der Waals surface area (Å²) in [5.74, 6) is 0.100. The van der Waals surface area contributed by atoms with Gasteiger partial charge in [-0.1, -0.05) is 0 Å². The molecule has 0 unspecified atom stereocenters. The largest absolute Gasteiger partial charge is 0.352 e. The van der Waals surface area contributed by atoms with E-state index in [0.29, 0.717) is 6.42 Å². The molecular formula is C14H14N2O2. The lowest BCUT2D eigenvalue weighted by molar-refractivity contribution is -0.114. The minimum atomic E-state index is -0.0881. The molecule has 4 heteroatoms. The fraction of sp³-hybridized carbons (Fsp3) is 0.286. The van der Waals surface area contributed by atoms with Crippen LogP contribution in [-0.4, -0.2) is 16.7 Å². The number of hydrogen-bond acceptors (Lipinski definition) is 2. The van der Waals surface area contributed by atoms with E-state index >= 15 is 0 Å². The van der Waals surface area contributed by atoms with Crippen LogP contribution in [0.25, 0.3) is 10.9 Å². The molecule has 4 nitrogen and oxygen atoms in total. The van der Waals surface area contributed by atoms with Gasteiger partial charge in [0.1, 0.15) is 0 Å². The number of carbonyl (C=O) groups excluding carboxylic acids is 2. The van der Waals surface area contributed by atoms with Gasteiger partial charge in [0.2, 0.25) is 5.91 Å². The van der Waals surface area contributed by atoms with Crippen molar-refractivity contribution in [1.29, 1.82) is 0 Å². The van der Waals surface area contributed by atoms with Crippen molar-refractivity contribution in [2.24, 2.45) is 0 Å². The zero-order valence-corrected chi connectivity index (χ0v) is 10.2. The molecule has 1 aromatic heterocycles. The number of hydrogen-bond donors (Lipinski definition) is 2. The molecule has 2 N–H and O–H groups in total. The molecule has 0 bridgehead atoms. The molecule has 0 saturated carbocycles. The van der Waals surface area contributed by atoms with E-state index in [9.17, 15) is 9.59 Å². The average Bonchev–Trinajstić information content (AvgIpc) is 2.68. The highest BCUT2D eigenvalue weighted by Gasteiger charge is 2.21. The van der Waals surface area contributed by atoms with Crippen molar-refractivity contribution in [1.82, 2.24) is 4.98 Å². The number of benzene rings is 1. The number of aryl methyl sites for hydroxylation is 1. The second-order valence-electron chi connectivity index (χ2n) is 4.70. The smallest absolute Gasteiger partial charge is 0.221 e. The number of carbonyl (C=O) groups is 2. The number of aromatic nitrogens is 1. The third-order valence-corrected chi connectivity index (χ3v) is 3.34. The third-order valence-electron chi connectivity index (χ3n) is 3.34. The van der Waals surface area contributed by atoms with E-state index in [1.807, 2.05) is 18.2 Å². The molecule has 0 spiro atoms. The van der Waals surface area contributed by atoms with Gasteiger partial charge in [-0.05, 0) is 36.6 Å². The minimum Gasteiger partial charge on any atom is -0.352 e. The van der Waals surface area contributed by atoms with E-state index in [0.717, 1.165) is 40.7 Å². The van der Waals surface area contributed by atoms with Gasteiger partial charge in [-0.3, -0.25) is 9.59 Å². The average molecular weight is 242 g/mol. The fourth-order valence-electron chi connectivity index (χ4n) is 2.58. The Morgan fingerprint density at radius 1 is 1.33 bits per heavy atom. The Morgan fingerprint density at radius 2 is 2.17 bits per heavy atom. The molecule has 92 valence electrons. The molecule has 1 aliphatic rings. The Bertz CT molecular complexity index is 655. The number of rotatable bonds is 1. The van der Waals surface area contributed by atoms with Gasteiger partial charge in [0.25, 0.3) is 0 Å². The van der Waals surface area contributed by atoms with Gasteiger partial charge in [0.15, 0.2) is 5.78 Å². The van der Waals surface area contributed by atoms with Crippen LogP contribution < -0.4 is 5.32 Å². The van der Waals surface area contributed by atoms with Crippen molar-refractivity contribution in [3.8, 4) is 0 Å². The first-order valence-corrected chi connectivity index (χ1v) is 6.10. The SMILES string of the molecule is CC(=O)Nc1ccc2[nH]c3c(c2c1)CCCC3=O. The zero-order valence-electron chi connectivity index (χ0n) is 10.2. The summed E-state index contributed by atoms with van der Waals surface area (Å²) in [6, 6.07) is 5.69. The third kappa shape index (κ3) is 1.70. The first-order valence-electron chi connectivity index (χ1n) is 6.10. The monoisotopic (exact) mass is 242 g/mol. The number of Topliss-reactive ketones (excluding diaryl/α,β-unsaturated/α-hetero) is 1. The zero-order chi connectivity index (χ0) is 12.7. The molecule has 3 rings (SSSR count). The van der Waals surface area contributed by atoms with Crippen molar-refractivity contribution in [2.45, 2.75) is 26.2 Å². The molecule has 0 aliphatic heterocycles. The molecule has 18 heavy (non-hydrogen) atoms. The van der Waals surface area contributed by atoms with Crippen molar-refractivity contribution in [3.63, 3.8) is 0 Å². The molecular weight excluding hydrogens is 228 g/mol. The van der Waals surface area contributed by atoms with Crippen LogP contribution in [0.2, 0.25) is 0 Å². The molecule has 1 aliphatic carbocycles. The normalized spacial score (nSPS) is 14.6. The maximum Gasteiger partial charge on any atom is 0.221 e. The molecule has 1 heterocycles. The molecule has 2 aromatic rings. The summed E-state index contributed by atoms with van der Waals surface area (Å²) in [5.41, 5.74) is 3.57. The van der Waals surface area contributed by atoms with Crippen molar-refractivity contribution >= 4 is 28.3 Å². The minimum absolute atomic E-state index is 0.0881. The summed E-state index contributed by atoms with van der Waals surface area (Å²) in [4.78, 5) is 26.1. The number of H-pyrrole nitrogens is 1. The quantitative estimate of drug-likeness (QED) is 0.807. The first-order chi connectivity index (χ1) is 8.65. The lowest BCUT2D eigenvalue weighted by Crippen LogP contribution is -2.09. The summed E-state index contributed by atoms with van der Waals surface area (Å²) < 4.78 is 0. The summed E-state index contributed by atoms with van der Waals surface area (Å²) >= 11 is 0. The second-order valence-corrected chi connectivity index (χ2v) is 4.70. The van der Waals surface area contributed by atoms with Crippen LogP contribution in [0.15, 0.2) is 18.2 Å². The van der Waals surface area contributed by atoms with Gasteiger partial charge in [-0.25, -0.2) is 0 Å². The highest BCUT2D eigenvalue weighted by molar-refractivity contribution is 6.04. The van der Waals surface area contributed by atoms with Crippen molar-refractivity contribution < 1.29 is 9.59 Å². The topological polar surface area (TPSA) is 62.0 Å². The van der Waals surface area contributed by atoms with Gasteiger partial charge >= 0.3 is 0 Å². The summed E-state index contributed by atoms with van der Waals surface area (Å²) in [7, 11) is 0. The molecule has 0 saturated heterocycles. The Morgan fingerprint density at radius 3 is 2.94 bits per heavy atom. The van der Waals surface area contributed by atoms with Crippen LogP contribution >= 0.6 is 0 Å². The van der Waals surface area contributed by atoms with Gasteiger partial charge in [0.05, 0.1) is 5.69 Å². The van der Waals surface area contributed by atoms with Gasteiger partial charge in [0, 0.05) is 29.9 Å². The number of anilines is 1. The lowest BCUT2D eigenvalue weighted by atomic mass is 9.94.